The molecule has 0 aliphatic heterocycles. The first-order chi connectivity index (χ1) is 13.5. The van der Waals surface area contributed by atoms with Gasteiger partial charge in [0.1, 0.15) is 5.54 Å². The van der Waals surface area contributed by atoms with E-state index in [2.05, 4.69) is 11.4 Å². The number of hydrogen-bond acceptors (Lipinski definition) is 5. The van der Waals surface area contributed by atoms with Gasteiger partial charge < -0.3 is 10.1 Å². The Morgan fingerprint density at radius 1 is 1.04 bits per heavy atom. The average molecular weight is 382 g/mol. The molecule has 2 aliphatic rings. The van der Waals surface area contributed by atoms with Crippen LogP contribution in [-0.4, -0.2) is 29.8 Å². The molecule has 28 heavy (non-hydrogen) atoms. The maximum atomic E-state index is 12.4. The number of Topliss-reactive ketones (excluding diaryl/α,β-unsaturated/α-hetero) is 1. The number of nitrogens with zero attached hydrogens (tertiary/aromatic N) is 1. The van der Waals surface area contributed by atoms with Crippen LogP contribution < -0.4 is 5.32 Å². The number of fused-ring (bicyclic) bond motifs is 1. The largest absolute Gasteiger partial charge is 0.456 e. The van der Waals surface area contributed by atoms with Crippen molar-refractivity contribution in [2.24, 2.45) is 0 Å². The number of aryl methyl sites for hydroxylation is 2. The highest BCUT2D eigenvalue weighted by Crippen LogP contribution is 2.28. The standard InChI is InChI=1S/C22H26N2O4/c23-15-22(11-3-4-12-22)24-20(26)14-28-21(27)10-9-19(25)18-8-7-16-5-1-2-6-17(16)13-18/h7-8,13H,1-6,9-12,14H2,(H,24,26). The van der Waals surface area contributed by atoms with Gasteiger partial charge in [0.25, 0.3) is 5.91 Å². The van der Waals surface area contributed by atoms with E-state index in [0.29, 0.717) is 18.4 Å². The molecule has 6 nitrogen and oxygen atoms in total. The molecule has 1 saturated carbocycles. The number of ketones is 1. The summed E-state index contributed by atoms with van der Waals surface area (Å²) in [5.74, 6) is -1.15. The van der Waals surface area contributed by atoms with Gasteiger partial charge in [-0.15, -0.1) is 0 Å². The third-order valence-electron chi connectivity index (χ3n) is 5.64. The van der Waals surface area contributed by atoms with Crippen LogP contribution in [-0.2, 0) is 27.2 Å². The average Bonchev–Trinajstić information content (AvgIpc) is 3.19. The second-order valence-electron chi connectivity index (χ2n) is 7.72. The van der Waals surface area contributed by atoms with Crippen LogP contribution in [0.3, 0.4) is 0 Å². The minimum absolute atomic E-state index is 0.0569. The lowest BCUT2D eigenvalue weighted by Gasteiger charge is -2.21. The van der Waals surface area contributed by atoms with Crippen LogP contribution in [0, 0.1) is 11.3 Å². The summed E-state index contributed by atoms with van der Waals surface area (Å²) in [5, 5.41) is 11.9. The van der Waals surface area contributed by atoms with E-state index in [1.807, 2.05) is 18.2 Å². The van der Waals surface area contributed by atoms with Crippen molar-refractivity contribution >= 4 is 17.7 Å². The third kappa shape index (κ3) is 4.98. The Morgan fingerprint density at radius 2 is 1.75 bits per heavy atom. The second-order valence-corrected chi connectivity index (χ2v) is 7.72. The number of benzene rings is 1. The fourth-order valence-corrected chi connectivity index (χ4v) is 4.03. The molecule has 0 bridgehead atoms. The van der Waals surface area contributed by atoms with Gasteiger partial charge in [-0.2, -0.15) is 5.26 Å². The minimum Gasteiger partial charge on any atom is -0.456 e. The van der Waals surface area contributed by atoms with Gasteiger partial charge in [0.05, 0.1) is 12.5 Å². The molecule has 1 N–H and O–H groups in total. The molecule has 0 heterocycles. The van der Waals surface area contributed by atoms with Gasteiger partial charge in [-0.25, -0.2) is 0 Å². The van der Waals surface area contributed by atoms with Crippen molar-refractivity contribution in [1.82, 2.24) is 5.32 Å². The molecule has 1 aromatic rings. The van der Waals surface area contributed by atoms with Gasteiger partial charge in [-0.3, -0.25) is 14.4 Å². The van der Waals surface area contributed by atoms with Gasteiger partial charge in [0, 0.05) is 12.0 Å². The Kier molecular flexibility index (Phi) is 6.45. The van der Waals surface area contributed by atoms with Crippen molar-refractivity contribution in [2.75, 3.05) is 6.61 Å². The fourth-order valence-electron chi connectivity index (χ4n) is 4.03. The number of rotatable bonds is 7. The molecule has 0 radical (unpaired) electrons. The van der Waals surface area contributed by atoms with Crippen molar-refractivity contribution in [3.05, 3.63) is 34.9 Å². The Morgan fingerprint density at radius 3 is 2.46 bits per heavy atom. The third-order valence-corrected chi connectivity index (χ3v) is 5.64. The zero-order chi connectivity index (χ0) is 20.0. The Labute approximate surface area is 165 Å². The van der Waals surface area contributed by atoms with Crippen LogP contribution in [0.15, 0.2) is 18.2 Å². The van der Waals surface area contributed by atoms with Crippen LogP contribution >= 0.6 is 0 Å². The molecule has 0 spiro atoms. The number of nitrogens with one attached hydrogen (secondary N) is 1. The summed E-state index contributed by atoms with van der Waals surface area (Å²) in [6, 6.07) is 7.94. The normalized spacial score (nSPS) is 17.2. The van der Waals surface area contributed by atoms with Crippen LogP contribution in [0.25, 0.3) is 0 Å². The number of esters is 1. The van der Waals surface area contributed by atoms with E-state index in [0.717, 1.165) is 32.1 Å². The maximum absolute atomic E-state index is 12.4. The van der Waals surface area contributed by atoms with E-state index in [4.69, 9.17) is 4.74 Å². The molecule has 0 unspecified atom stereocenters. The predicted octanol–water partition coefficient (Wildman–Crippen LogP) is 3.02. The summed E-state index contributed by atoms with van der Waals surface area (Å²) >= 11 is 0. The number of nitriles is 1. The monoisotopic (exact) mass is 382 g/mol. The SMILES string of the molecule is N#CC1(NC(=O)COC(=O)CCC(=O)c2ccc3c(c2)CCCC3)CCCC1. The molecule has 1 amide bonds. The summed E-state index contributed by atoms with van der Waals surface area (Å²) < 4.78 is 4.97. The topological polar surface area (TPSA) is 96.3 Å². The molecular formula is C22H26N2O4. The van der Waals surface area contributed by atoms with Crippen molar-refractivity contribution in [3.8, 4) is 6.07 Å². The molecule has 148 valence electrons. The lowest BCUT2D eigenvalue weighted by atomic mass is 9.89. The van der Waals surface area contributed by atoms with Crippen molar-refractivity contribution < 1.29 is 19.1 Å². The molecule has 6 heteroatoms. The smallest absolute Gasteiger partial charge is 0.306 e. The number of hydrogen-bond donors (Lipinski definition) is 1. The van der Waals surface area contributed by atoms with Gasteiger partial charge in [0.15, 0.2) is 12.4 Å². The predicted molar refractivity (Wildman–Crippen MR) is 103 cm³/mol. The first-order valence-corrected chi connectivity index (χ1v) is 10.0. The van der Waals surface area contributed by atoms with Crippen molar-refractivity contribution in [3.63, 3.8) is 0 Å². The quantitative estimate of drug-likeness (QED) is 0.578. The zero-order valence-corrected chi connectivity index (χ0v) is 16.1. The van der Waals surface area contributed by atoms with Gasteiger partial charge in [0.2, 0.25) is 0 Å². The van der Waals surface area contributed by atoms with E-state index in [-0.39, 0.29) is 18.6 Å². The fraction of sp³-hybridized carbons (Fsp3) is 0.545. The summed E-state index contributed by atoms with van der Waals surface area (Å²) in [6.07, 6.45) is 7.44. The van der Waals surface area contributed by atoms with Crippen LogP contribution in [0.4, 0.5) is 0 Å². The first kappa shape index (κ1) is 20.1. The Hall–Kier alpha value is -2.68. The zero-order valence-electron chi connectivity index (χ0n) is 16.1. The van der Waals surface area contributed by atoms with Gasteiger partial charge in [-0.1, -0.05) is 12.1 Å². The van der Waals surface area contributed by atoms with Crippen LogP contribution in [0.5, 0.6) is 0 Å². The van der Waals surface area contributed by atoms with E-state index >= 15 is 0 Å². The minimum atomic E-state index is -0.827. The highest BCUT2D eigenvalue weighted by Gasteiger charge is 2.35. The van der Waals surface area contributed by atoms with Gasteiger partial charge in [-0.05, 0) is 68.6 Å². The molecule has 0 atom stereocenters. The maximum Gasteiger partial charge on any atom is 0.306 e. The van der Waals surface area contributed by atoms with Crippen molar-refractivity contribution in [1.29, 1.82) is 5.26 Å². The van der Waals surface area contributed by atoms with E-state index < -0.39 is 24.0 Å². The molecule has 2 aliphatic carbocycles. The summed E-state index contributed by atoms with van der Waals surface area (Å²) in [7, 11) is 0. The Balaban J connectivity index is 1.42. The molecule has 1 fully saturated rings. The number of carbonyl (C=O) groups excluding carboxylic acids is 3. The van der Waals surface area contributed by atoms with E-state index in [9.17, 15) is 19.6 Å². The van der Waals surface area contributed by atoms with Crippen molar-refractivity contribution in [2.45, 2.75) is 69.7 Å². The van der Waals surface area contributed by atoms with E-state index in [1.54, 1.807) is 0 Å². The highest BCUT2D eigenvalue weighted by atomic mass is 16.5. The number of carbonyl (C=O) groups is 3. The molecule has 0 aromatic heterocycles. The van der Waals surface area contributed by atoms with Crippen LogP contribution in [0.1, 0.15) is 72.9 Å². The summed E-state index contributed by atoms with van der Waals surface area (Å²) in [6.45, 7) is -0.421. The molecular weight excluding hydrogens is 356 g/mol. The summed E-state index contributed by atoms with van der Waals surface area (Å²) in [4.78, 5) is 36.2. The Bertz CT molecular complexity index is 803. The number of ether oxygens (including phenoxy) is 1. The highest BCUT2D eigenvalue weighted by molar-refractivity contribution is 5.97. The summed E-state index contributed by atoms with van der Waals surface area (Å²) in [5.41, 5.74) is 2.34. The van der Waals surface area contributed by atoms with Crippen LogP contribution in [0.2, 0.25) is 0 Å². The molecule has 1 aromatic carbocycles. The molecule has 3 rings (SSSR count). The second kappa shape index (κ2) is 9.01. The first-order valence-electron chi connectivity index (χ1n) is 10.0. The van der Waals surface area contributed by atoms with E-state index in [1.165, 1.54) is 17.5 Å². The number of amides is 1. The lowest BCUT2D eigenvalue weighted by Crippen LogP contribution is -2.46. The van der Waals surface area contributed by atoms with Gasteiger partial charge >= 0.3 is 5.97 Å². The molecule has 0 saturated heterocycles. The lowest BCUT2D eigenvalue weighted by molar-refractivity contribution is -0.148.